The number of nitrogens with one attached hydrogen (secondary N) is 1. The largest absolute Gasteiger partial charge is 0.383 e. The molecule has 0 saturated heterocycles. The minimum Gasteiger partial charge on any atom is -0.383 e. The van der Waals surface area contributed by atoms with Gasteiger partial charge < -0.3 is 14.8 Å². The molecule has 1 N–H and O–H groups in total. The van der Waals surface area contributed by atoms with Gasteiger partial charge in [0.1, 0.15) is 0 Å². The van der Waals surface area contributed by atoms with E-state index in [1.807, 2.05) is 10.9 Å². The fourth-order valence-electron chi connectivity index (χ4n) is 2.54. The summed E-state index contributed by atoms with van der Waals surface area (Å²) >= 11 is 0. The van der Waals surface area contributed by atoms with E-state index in [-0.39, 0.29) is 0 Å². The highest BCUT2D eigenvalue weighted by Crippen LogP contribution is 2.29. The van der Waals surface area contributed by atoms with Crippen LogP contribution >= 0.6 is 0 Å². The van der Waals surface area contributed by atoms with Crippen molar-refractivity contribution in [3.05, 3.63) is 11.9 Å². The number of ether oxygens (including phenoxy) is 2. The average molecular weight is 268 g/mol. The lowest BCUT2D eigenvalue weighted by atomic mass is 9.93. The molecule has 2 unspecified atom stereocenters. The summed E-state index contributed by atoms with van der Waals surface area (Å²) in [6, 6.07) is 0.430. The van der Waals surface area contributed by atoms with Gasteiger partial charge in [-0.3, -0.25) is 0 Å². The fraction of sp³-hybridized carbons (Fsp3) is 0.846. The molecule has 1 fully saturated rings. The molecule has 19 heavy (non-hydrogen) atoms. The summed E-state index contributed by atoms with van der Waals surface area (Å²) in [4.78, 5) is 0. The zero-order chi connectivity index (χ0) is 13.5. The van der Waals surface area contributed by atoms with E-state index in [0.717, 1.165) is 31.6 Å². The van der Waals surface area contributed by atoms with Crippen molar-refractivity contribution in [3.63, 3.8) is 0 Å². The second-order valence-electron chi connectivity index (χ2n) is 5.04. The van der Waals surface area contributed by atoms with Crippen LogP contribution in [-0.2, 0) is 16.0 Å². The van der Waals surface area contributed by atoms with Crippen LogP contribution in [0.25, 0.3) is 0 Å². The van der Waals surface area contributed by atoms with E-state index < -0.39 is 0 Å². The van der Waals surface area contributed by atoms with Gasteiger partial charge in [-0.2, -0.15) is 0 Å². The van der Waals surface area contributed by atoms with Gasteiger partial charge in [-0.25, -0.2) is 4.68 Å². The van der Waals surface area contributed by atoms with Crippen molar-refractivity contribution >= 4 is 0 Å². The van der Waals surface area contributed by atoms with Crippen LogP contribution in [0.2, 0.25) is 0 Å². The topological polar surface area (TPSA) is 61.2 Å². The molecule has 1 heterocycles. The van der Waals surface area contributed by atoms with Crippen LogP contribution in [0.3, 0.4) is 0 Å². The lowest BCUT2D eigenvalue weighted by molar-refractivity contribution is 0.0504. The van der Waals surface area contributed by atoms with Crippen molar-refractivity contribution in [1.82, 2.24) is 20.3 Å². The number of nitrogens with zero attached hydrogens (tertiary/aromatic N) is 3. The summed E-state index contributed by atoms with van der Waals surface area (Å²) < 4.78 is 12.4. The summed E-state index contributed by atoms with van der Waals surface area (Å²) in [5.74, 6) is 0. The van der Waals surface area contributed by atoms with Crippen LogP contribution in [0.1, 0.15) is 37.4 Å². The smallest absolute Gasteiger partial charge is 0.0964 e. The second kappa shape index (κ2) is 7.57. The minimum absolute atomic E-state index is 0.367. The van der Waals surface area contributed by atoms with Crippen molar-refractivity contribution in [3.8, 4) is 0 Å². The van der Waals surface area contributed by atoms with E-state index in [1.54, 1.807) is 14.2 Å². The Balaban J connectivity index is 1.82. The molecule has 0 amide bonds. The number of hydrogen-bond donors (Lipinski definition) is 1. The predicted molar refractivity (Wildman–Crippen MR) is 71.9 cm³/mol. The summed E-state index contributed by atoms with van der Waals surface area (Å²) in [7, 11) is 3.49. The molecule has 1 aromatic rings. The molecule has 1 aliphatic rings. The van der Waals surface area contributed by atoms with Gasteiger partial charge in [0.25, 0.3) is 0 Å². The van der Waals surface area contributed by atoms with Crippen LogP contribution in [0.15, 0.2) is 6.20 Å². The maximum atomic E-state index is 5.45. The third-order valence-corrected chi connectivity index (χ3v) is 3.65. The van der Waals surface area contributed by atoms with E-state index in [0.29, 0.717) is 18.8 Å². The first-order valence-electron chi connectivity index (χ1n) is 6.96. The first kappa shape index (κ1) is 14.4. The van der Waals surface area contributed by atoms with Crippen LogP contribution in [-0.4, -0.2) is 48.5 Å². The Kier molecular flexibility index (Phi) is 5.75. The van der Waals surface area contributed by atoms with Gasteiger partial charge in [-0.05, 0) is 25.7 Å². The van der Waals surface area contributed by atoms with Gasteiger partial charge in [0.05, 0.1) is 30.6 Å². The normalized spacial score (nSPS) is 23.7. The SMILES string of the molecule is COCCNCc1cn(C2CCCC(OC)C2)nn1. The molecule has 1 aliphatic carbocycles. The Bertz CT molecular complexity index is 369. The molecule has 6 nitrogen and oxygen atoms in total. The van der Waals surface area contributed by atoms with Crippen LogP contribution < -0.4 is 5.32 Å². The molecule has 1 saturated carbocycles. The second-order valence-corrected chi connectivity index (χ2v) is 5.04. The molecule has 0 bridgehead atoms. The molecule has 2 atom stereocenters. The Hall–Kier alpha value is -0.980. The van der Waals surface area contributed by atoms with Crippen molar-refractivity contribution < 1.29 is 9.47 Å². The van der Waals surface area contributed by atoms with E-state index in [4.69, 9.17) is 9.47 Å². The minimum atomic E-state index is 0.367. The number of methoxy groups -OCH3 is 2. The molecule has 2 rings (SSSR count). The Labute approximate surface area is 114 Å². The molecule has 0 aliphatic heterocycles. The summed E-state index contributed by atoms with van der Waals surface area (Å²) in [6.45, 7) is 2.29. The van der Waals surface area contributed by atoms with Gasteiger partial charge >= 0.3 is 0 Å². The Morgan fingerprint density at radius 3 is 3.11 bits per heavy atom. The maximum Gasteiger partial charge on any atom is 0.0964 e. The van der Waals surface area contributed by atoms with Gasteiger partial charge in [0.2, 0.25) is 0 Å². The highest BCUT2D eigenvalue weighted by atomic mass is 16.5. The van der Waals surface area contributed by atoms with Gasteiger partial charge in [0.15, 0.2) is 0 Å². The Morgan fingerprint density at radius 2 is 2.32 bits per heavy atom. The van der Waals surface area contributed by atoms with Crippen LogP contribution in [0.4, 0.5) is 0 Å². The monoisotopic (exact) mass is 268 g/mol. The molecular weight excluding hydrogens is 244 g/mol. The van der Waals surface area contributed by atoms with Crippen LogP contribution in [0, 0.1) is 0 Å². The van der Waals surface area contributed by atoms with E-state index in [2.05, 4.69) is 15.6 Å². The van der Waals surface area contributed by atoms with Crippen LogP contribution in [0.5, 0.6) is 0 Å². The standard InChI is InChI=1S/C13H24N4O2/c1-18-7-6-14-9-11-10-17(16-15-11)12-4-3-5-13(8-12)19-2/h10,12-14H,3-9H2,1-2H3. The molecule has 6 heteroatoms. The molecule has 108 valence electrons. The number of aromatic nitrogens is 3. The summed E-state index contributed by atoms with van der Waals surface area (Å²) in [6.07, 6.45) is 6.97. The molecular formula is C13H24N4O2. The first-order valence-corrected chi connectivity index (χ1v) is 6.96. The maximum absolute atomic E-state index is 5.45. The molecule has 0 aromatic carbocycles. The highest BCUT2D eigenvalue weighted by molar-refractivity contribution is 4.93. The summed E-state index contributed by atoms with van der Waals surface area (Å²) in [5, 5.41) is 11.7. The van der Waals surface area contributed by atoms with Crippen molar-refractivity contribution in [2.24, 2.45) is 0 Å². The molecule has 1 aromatic heterocycles. The fourth-order valence-corrected chi connectivity index (χ4v) is 2.54. The zero-order valence-electron chi connectivity index (χ0n) is 11.8. The lowest BCUT2D eigenvalue weighted by Gasteiger charge is -2.27. The van der Waals surface area contributed by atoms with Gasteiger partial charge in [-0.1, -0.05) is 5.21 Å². The molecule has 0 spiro atoms. The highest BCUT2D eigenvalue weighted by Gasteiger charge is 2.23. The zero-order valence-corrected chi connectivity index (χ0v) is 11.8. The third-order valence-electron chi connectivity index (χ3n) is 3.65. The number of rotatable bonds is 7. The van der Waals surface area contributed by atoms with Crippen molar-refractivity contribution in [1.29, 1.82) is 0 Å². The first-order chi connectivity index (χ1) is 9.33. The van der Waals surface area contributed by atoms with Crippen molar-refractivity contribution in [2.75, 3.05) is 27.4 Å². The molecule has 0 radical (unpaired) electrons. The third kappa shape index (κ3) is 4.26. The quantitative estimate of drug-likeness (QED) is 0.752. The van der Waals surface area contributed by atoms with E-state index in [9.17, 15) is 0 Å². The predicted octanol–water partition coefficient (Wildman–Crippen LogP) is 1.14. The van der Waals surface area contributed by atoms with E-state index >= 15 is 0 Å². The number of hydrogen-bond acceptors (Lipinski definition) is 5. The average Bonchev–Trinajstić information content (AvgIpc) is 2.92. The van der Waals surface area contributed by atoms with Gasteiger partial charge in [0, 0.05) is 27.3 Å². The summed E-state index contributed by atoms with van der Waals surface area (Å²) in [5.41, 5.74) is 0.982. The lowest BCUT2D eigenvalue weighted by Crippen LogP contribution is -2.24. The Morgan fingerprint density at radius 1 is 1.42 bits per heavy atom. The van der Waals surface area contributed by atoms with Crippen molar-refractivity contribution in [2.45, 2.75) is 44.4 Å². The van der Waals surface area contributed by atoms with E-state index in [1.165, 1.54) is 12.8 Å². The van der Waals surface area contributed by atoms with Gasteiger partial charge in [-0.15, -0.1) is 5.10 Å².